The third-order valence-corrected chi connectivity index (χ3v) is 4.82. The molecule has 0 atom stereocenters. The summed E-state index contributed by atoms with van der Waals surface area (Å²) in [6.45, 7) is 3.04. The number of para-hydroxylation sites is 1. The molecule has 0 bridgehead atoms. The first kappa shape index (κ1) is 20.4. The first-order valence-corrected chi connectivity index (χ1v) is 10.3. The van der Waals surface area contributed by atoms with E-state index >= 15 is 0 Å². The normalized spacial score (nSPS) is 10.8. The van der Waals surface area contributed by atoms with Gasteiger partial charge in [0.1, 0.15) is 11.5 Å². The molecule has 0 aromatic heterocycles. The number of ether oxygens (including phenoxy) is 1. The van der Waals surface area contributed by atoms with Crippen LogP contribution in [0.25, 0.3) is 11.1 Å². The van der Waals surface area contributed by atoms with E-state index in [-0.39, 0.29) is 5.75 Å². The van der Waals surface area contributed by atoms with Crippen LogP contribution in [0.1, 0.15) is 71.1 Å². The van der Waals surface area contributed by atoms with E-state index in [4.69, 9.17) is 4.74 Å². The summed E-state index contributed by atoms with van der Waals surface area (Å²) in [5, 5.41) is 9.46. The summed E-state index contributed by atoms with van der Waals surface area (Å²) in [5.74, 6) is 1.21. The minimum Gasteiger partial charge on any atom is -0.508 e. The summed E-state index contributed by atoms with van der Waals surface area (Å²) >= 11 is 0. The molecule has 2 aromatic rings. The van der Waals surface area contributed by atoms with E-state index in [2.05, 4.69) is 13.0 Å². The molecule has 0 aliphatic carbocycles. The van der Waals surface area contributed by atoms with Gasteiger partial charge in [-0.1, -0.05) is 95.0 Å². The monoisotopic (exact) mass is 354 g/mol. The van der Waals surface area contributed by atoms with Crippen molar-refractivity contribution in [3.63, 3.8) is 0 Å². The smallest absolute Gasteiger partial charge is 0.127 e. The largest absolute Gasteiger partial charge is 0.508 e. The maximum Gasteiger partial charge on any atom is 0.127 e. The fraction of sp³-hybridized carbons (Fsp3) is 0.500. The minimum absolute atomic E-state index is 0.289. The first-order chi connectivity index (χ1) is 12.8. The molecular formula is C24H34O2. The van der Waals surface area contributed by atoms with Gasteiger partial charge in [-0.25, -0.2) is 0 Å². The Labute approximate surface area is 159 Å². The lowest BCUT2D eigenvalue weighted by molar-refractivity contribution is 0.305. The molecule has 0 heterocycles. The highest BCUT2D eigenvalue weighted by Crippen LogP contribution is 2.30. The summed E-state index contributed by atoms with van der Waals surface area (Å²) in [6, 6.07) is 15.4. The topological polar surface area (TPSA) is 29.5 Å². The first-order valence-electron chi connectivity index (χ1n) is 10.3. The van der Waals surface area contributed by atoms with E-state index in [0.29, 0.717) is 0 Å². The molecule has 0 spiro atoms. The van der Waals surface area contributed by atoms with Crippen LogP contribution in [0.3, 0.4) is 0 Å². The average Bonchev–Trinajstić information content (AvgIpc) is 2.67. The molecular weight excluding hydrogens is 320 g/mol. The van der Waals surface area contributed by atoms with E-state index in [1.807, 2.05) is 30.3 Å². The molecule has 2 heteroatoms. The van der Waals surface area contributed by atoms with Crippen LogP contribution in [-0.2, 0) is 0 Å². The summed E-state index contributed by atoms with van der Waals surface area (Å²) < 4.78 is 6.03. The SMILES string of the molecule is CCCCCCCCCCCCOc1ccccc1-c1ccc(O)cc1. The van der Waals surface area contributed by atoms with Gasteiger partial charge in [0, 0.05) is 5.56 Å². The Kier molecular flexibility index (Phi) is 9.71. The van der Waals surface area contributed by atoms with E-state index < -0.39 is 0 Å². The van der Waals surface area contributed by atoms with Crippen molar-refractivity contribution in [2.24, 2.45) is 0 Å². The molecule has 0 saturated carbocycles. The summed E-state index contributed by atoms with van der Waals surface area (Å²) in [6.07, 6.45) is 13.3. The van der Waals surface area contributed by atoms with E-state index in [1.165, 1.54) is 57.8 Å². The van der Waals surface area contributed by atoms with Crippen LogP contribution in [-0.4, -0.2) is 11.7 Å². The van der Waals surface area contributed by atoms with Gasteiger partial charge in [-0.15, -0.1) is 0 Å². The van der Waals surface area contributed by atoms with Gasteiger partial charge in [-0.3, -0.25) is 0 Å². The lowest BCUT2D eigenvalue weighted by Crippen LogP contribution is -1.98. The van der Waals surface area contributed by atoms with Gasteiger partial charge in [-0.2, -0.15) is 0 Å². The van der Waals surface area contributed by atoms with Gasteiger partial charge in [0.15, 0.2) is 0 Å². The van der Waals surface area contributed by atoms with Crippen molar-refractivity contribution < 1.29 is 9.84 Å². The summed E-state index contributed by atoms with van der Waals surface area (Å²) in [4.78, 5) is 0. The van der Waals surface area contributed by atoms with Crippen molar-refractivity contribution in [2.75, 3.05) is 6.61 Å². The molecule has 0 amide bonds. The van der Waals surface area contributed by atoms with Crippen LogP contribution in [0.2, 0.25) is 0 Å². The number of hydrogen-bond acceptors (Lipinski definition) is 2. The molecule has 26 heavy (non-hydrogen) atoms. The molecule has 0 saturated heterocycles. The fourth-order valence-corrected chi connectivity index (χ4v) is 3.24. The highest BCUT2D eigenvalue weighted by Gasteiger charge is 2.05. The molecule has 2 nitrogen and oxygen atoms in total. The Bertz CT molecular complexity index is 604. The van der Waals surface area contributed by atoms with E-state index in [0.717, 1.165) is 29.9 Å². The third kappa shape index (κ3) is 7.51. The number of phenols is 1. The van der Waals surface area contributed by atoms with Crippen LogP contribution in [0, 0.1) is 0 Å². The van der Waals surface area contributed by atoms with Crippen LogP contribution < -0.4 is 4.74 Å². The van der Waals surface area contributed by atoms with Crippen LogP contribution in [0.4, 0.5) is 0 Å². The molecule has 0 fully saturated rings. The number of aromatic hydroxyl groups is 1. The van der Waals surface area contributed by atoms with Gasteiger partial charge in [0.2, 0.25) is 0 Å². The molecule has 142 valence electrons. The fourth-order valence-electron chi connectivity index (χ4n) is 3.24. The van der Waals surface area contributed by atoms with Gasteiger partial charge < -0.3 is 9.84 Å². The summed E-state index contributed by atoms with van der Waals surface area (Å²) in [5.41, 5.74) is 2.15. The lowest BCUT2D eigenvalue weighted by atomic mass is 10.0. The number of rotatable bonds is 13. The molecule has 0 radical (unpaired) electrons. The predicted molar refractivity (Wildman–Crippen MR) is 111 cm³/mol. The second-order valence-electron chi connectivity index (χ2n) is 7.07. The number of unbranched alkanes of at least 4 members (excludes halogenated alkanes) is 9. The molecule has 2 aromatic carbocycles. The van der Waals surface area contributed by atoms with Gasteiger partial charge in [0.25, 0.3) is 0 Å². The Morgan fingerprint density at radius 3 is 1.92 bits per heavy atom. The molecule has 0 aliphatic heterocycles. The average molecular weight is 355 g/mol. The van der Waals surface area contributed by atoms with Crippen molar-refractivity contribution >= 4 is 0 Å². The standard InChI is InChI=1S/C24H34O2/c1-2-3-4-5-6-7-8-9-10-13-20-26-24-15-12-11-14-23(24)21-16-18-22(25)19-17-21/h11-12,14-19,25H,2-10,13,20H2,1H3. The second-order valence-corrected chi connectivity index (χ2v) is 7.07. The Balaban J connectivity index is 1.64. The minimum atomic E-state index is 0.289. The zero-order valence-corrected chi connectivity index (χ0v) is 16.3. The van der Waals surface area contributed by atoms with Crippen molar-refractivity contribution in [3.8, 4) is 22.6 Å². The zero-order valence-electron chi connectivity index (χ0n) is 16.3. The highest BCUT2D eigenvalue weighted by atomic mass is 16.5. The maximum absolute atomic E-state index is 9.46. The third-order valence-electron chi connectivity index (χ3n) is 4.82. The van der Waals surface area contributed by atoms with Gasteiger partial charge in [-0.05, 0) is 30.2 Å². The molecule has 0 unspecified atom stereocenters. The van der Waals surface area contributed by atoms with Crippen molar-refractivity contribution in [1.82, 2.24) is 0 Å². The second kappa shape index (κ2) is 12.4. The number of phenolic OH excluding ortho intramolecular Hbond substituents is 1. The summed E-state index contributed by atoms with van der Waals surface area (Å²) in [7, 11) is 0. The van der Waals surface area contributed by atoms with Crippen LogP contribution >= 0.6 is 0 Å². The van der Waals surface area contributed by atoms with Crippen molar-refractivity contribution in [3.05, 3.63) is 48.5 Å². The molecule has 0 aliphatic rings. The predicted octanol–water partition coefficient (Wildman–Crippen LogP) is 7.36. The van der Waals surface area contributed by atoms with Crippen molar-refractivity contribution in [1.29, 1.82) is 0 Å². The number of benzene rings is 2. The Hall–Kier alpha value is -1.96. The lowest BCUT2D eigenvalue weighted by Gasteiger charge is -2.12. The highest BCUT2D eigenvalue weighted by molar-refractivity contribution is 5.70. The number of hydrogen-bond donors (Lipinski definition) is 1. The quantitative estimate of drug-likeness (QED) is 0.381. The zero-order chi connectivity index (χ0) is 18.5. The van der Waals surface area contributed by atoms with Gasteiger partial charge in [0.05, 0.1) is 6.61 Å². The molecule has 1 N–H and O–H groups in total. The van der Waals surface area contributed by atoms with Crippen LogP contribution in [0.15, 0.2) is 48.5 Å². The Morgan fingerprint density at radius 2 is 1.27 bits per heavy atom. The van der Waals surface area contributed by atoms with Crippen LogP contribution in [0.5, 0.6) is 11.5 Å². The maximum atomic E-state index is 9.46. The Morgan fingerprint density at radius 1 is 0.692 bits per heavy atom. The molecule has 2 rings (SSSR count). The van der Waals surface area contributed by atoms with E-state index in [1.54, 1.807) is 12.1 Å². The van der Waals surface area contributed by atoms with Crippen molar-refractivity contribution in [2.45, 2.75) is 71.1 Å². The van der Waals surface area contributed by atoms with E-state index in [9.17, 15) is 5.11 Å². The van der Waals surface area contributed by atoms with Gasteiger partial charge >= 0.3 is 0 Å².